The summed E-state index contributed by atoms with van der Waals surface area (Å²) in [5.41, 5.74) is 3.54. The molecule has 0 saturated heterocycles. The maximum Gasteiger partial charge on any atom is 0.343 e. The summed E-state index contributed by atoms with van der Waals surface area (Å²) in [5.74, 6) is -0.242. The number of nitrogens with one attached hydrogen (secondary N) is 1. The predicted molar refractivity (Wildman–Crippen MR) is 138 cm³/mol. The van der Waals surface area contributed by atoms with Gasteiger partial charge in [0.25, 0.3) is 11.9 Å². The van der Waals surface area contributed by atoms with Crippen molar-refractivity contribution in [3.05, 3.63) is 89.4 Å². The van der Waals surface area contributed by atoms with Crippen molar-refractivity contribution in [3.8, 4) is 5.95 Å². The maximum absolute atomic E-state index is 13.6. The second-order valence-corrected chi connectivity index (χ2v) is 8.05. The molecule has 0 aliphatic rings. The predicted octanol–water partition coefficient (Wildman–Crippen LogP) is 4.87. The summed E-state index contributed by atoms with van der Waals surface area (Å²) in [7, 11) is 0. The average Bonchev–Trinajstić information content (AvgIpc) is 3.23. The Bertz CT molecular complexity index is 1380. The molecule has 0 aliphatic carbocycles. The fourth-order valence-electron chi connectivity index (χ4n) is 3.86. The first-order valence-electron chi connectivity index (χ1n) is 11.7. The van der Waals surface area contributed by atoms with Crippen LogP contribution in [0.4, 0.5) is 17.2 Å². The van der Waals surface area contributed by atoms with E-state index in [0.717, 1.165) is 17.1 Å². The minimum Gasteiger partial charge on any atom is -0.462 e. The van der Waals surface area contributed by atoms with Gasteiger partial charge in [-0.25, -0.2) is 14.5 Å². The van der Waals surface area contributed by atoms with Crippen LogP contribution in [0.3, 0.4) is 0 Å². The fourth-order valence-corrected chi connectivity index (χ4v) is 3.86. The largest absolute Gasteiger partial charge is 0.462 e. The van der Waals surface area contributed by atoms with Crippen LogP contribution in [0.15, 0.2) is 66.9 Å². The molecular formula is C27H28N6O3. The van der Waals surface area contributed by atoms with E-state index in [2.05, 4.69) is 20.4 Å². The van der Waals surface area contributed by atoms with Crippen LogP contribution < -0.4 is 10.2 Å². The highest BCUT2D eigenvalue weighted by Crippen LogP contribution is 2.26. The van der Waals surface area contributed by atoms with Gasteiger partial charge in [-0.05, 0) is 58.0 Å². The normalized spacial score (nSPS) is 10.7. The molecule has 4 aromatic rings. The molecule has 0 bridgehead atoms. The van der Waals surface area contributed by atoms with Gasteiger partial charge in [-0.15, -0.1) is 0 Å². The Hall–Kier alpha value is -4.53. The average molecular weight is 485 g/mol. The lowest BCUT2D eigenvalue weighted by Crippen LogP contribution is -2.31. The van der Waals surface area contributed by atoms with Crippen LogP contribution in [0.1, 0.15) is 46.0 Å². The molecule has 4 rings (SSSR count). The second-order valence-electron chi connectivity index (χ2n) is 8.05. The Kier molecular flexibility index (Phi) is 7.39. The van der Waals surface area contributed by atoms with Crippen molar-refractivity contribution in [2.45, 2.75) is 27.7 Å². The molecule has 184 valence electrons. The van der Waals surface area contributed by atoms with Crippen LogP contribution >= 0.6 is 0 Å². The first-order chi connectivity index (χ1) is 17.4. The number of aromatic nitrogens is 4. The number of carbonyl (C=O) groups is 2. The van der Waals surface area contributed by atoms with Crippen molar-refractivity contribution < 1.29 is 14.3 Å². The number of ether oxygens (including phenoxy) is 1. The molecule has 0 radical (unpaired) electrons. The minimum absolute atomic E-state index is 0.153. The highest BCUT2D eigenvalue weighted by molar-refractivity contribution is 6.10. The number of anilines is 3. The zero-order valence-electron chi connectivity index (χ0n) is 20.7. The highest BCUT2D eigenvalue weighted by atomic mass is 16.5. The molecule has 1 N–H and O–H groups in total. The number of aryl methyl sites for hydroxylation is 2. The minimum atomic E-state index is -0.566. The molecule has 2 aromatic carbocycles. The quantitative estimate of drug-likeness (QED) is 0.356. The lowest BCUT2D eigenvalue weighted by Gasteiger charge is -2.23. The van der Waals surface area contributed by atoms with E-state index in [-0.39, 0.29) is 23.9 Å². The number of amides is 1. The third-order valence-corrected chi connectivity index (χ3v) is 5.51. The van der Waals surface area contributed by atoms with E-state index in [1.807, 2.05) is 63.2 Å². The third kappa shape index (κ3) is 5.10. The molecule has 0 aliphatic heterocycles. The summed E-state index contributed by atoms with van der Waals surface area (Å²) in [5, 5.41) is 7.63. The van der Waals surface area contributed by atoms with Crippen molar-refractivity contribution in [3.63, 3.8) is 0 Å². The second kappa shape index (κ2) is 10.8. The van der Waals surface area contributed by atoms with E-state index in [9.17, 15) is 9.59 Å². The van der Waals surface area contributed by atoms with E-state index in [0.29, 0.717) is 23.7 Å². The lowest BCUT2D eigenvalue weighted by molar-refractivity contribution is 0.0526. The smallest absolute Gasteiger partial charge is 0.343 e. The van der Waals surface area contributed by atoms with E-state index < -0.39 is 5.97 Å². The summed E-state index contributed by atoms with van der Waals surface area (Å²) in [6.07, 6.45) is 1.41. The SMILES string of the molecule is CCOC(=O)c1cnc(-n2nc(C)cc2C)nc1Nc1ccccc1C(=O)N(CC)c1ccccc1. The van der Waals surface area contributed by atoms with Crippen LogP contribution in [0.5, 0.6) is 0 Å². The Morgan fingerprint density at radius 2 is 1.72 bits per heavy atom. The number of benzene rings is 2. The molecule has 1 amide bonds. The number of para-hydroxylation sites is 2. The first-order valence-corrected chi connectivity index (χ1v) is 11.7. The van der Waals surface area contributed by atoms with Gasteiger partial charge in [-0.2, -0.15) is 10.1 Å². The summed E-state index contributed by atoms with van der Waals surface area (Å²) >= 11 is 0. The number of hydrogen-bond acceptors (Lipinski definition) is 7. The number of carbonyl (C=O) groups excluding carboxylic acids is 2. The van der Waals surface area contributed by atoms with Crippen LogP contribution in [0, 0.1) is 13.8 Å². The monoisotopic (exact) mass is 484 g/mol. The molecular weight excluding hydrogens is 456 g/mol. The molecule has 0 unspecified atom stereocenters. The summed E-state index contributed by atoms with van der Waals surface area (Å²) in [6.45, 7) is 8.12. The van der Waals surface area contributed by atoms with E-state index in [4.69, 9.17) is 4.74 Å². The summed E-state index contributed by atoms with van der Waals surface area (Å²) in [4.78, 5) is 36.9. The highest BCUT2D eigenvalue weighted by Gasteiger charge is 2.22. The van der Waals surface area contributed by atoms with Gasteiger partial charge in [-0.3, -0.25) is 4.79 Å². The van der Waals surface area contributed by atoms with E-state index in [1.54, 1.807) is 34.7 Å². The lowest BCUT2D eigenvalue weighted by atomic mass is 10.1. The first kappa shape index (κ1) is 24.6. The molecule has 2 heterocycles. The Labute approximate surface area is 209 Å². The molecule has 0 spiro atoms. The number of rotatable bonds is 8. The van der Waals surface area contributed by atoms with Gasteiger partial charge in [0.05, 0.1) is 23.6 Å². The van der Waals surface area contributed by atoms with Crippen molar-refractivity contribution in [2.75, 3.05) is 23.4 Å². The number of esters is 1. The van der Waals surface area contributed by atoms with Gasteiger partial charge >= 0.3 is 5.97 Å². The van der Waals surface area contributed by atoms with E-state index in [1.165, 1.54) is 6.20 Å². The van der Waals surface area contributed by atoms with Crippen molar-refractivity contribution in [2.24, 2.45) is 0 Å². The van der Waals surface area contributed by atoms with E-state index >= 15 is 0 Å². The van der Waals surface area contributed by atoms with Crippen LogP contribution in [0.2, 0.25) is 0 Å². The fraction of sp³-hybridized carbons (Fsp3) is 0.222. The summed E-state index contributed by atoms with van der Waals surface area (Å²) < 4.78 is 6.81. The number of hydrogen-bond donors (Lipinski definition) is 1. The maximum atomic E-state index is 13.6. The number of nitrogens with zero attached hydrogens (tertiary/aromatic N) is 5. The zero-order valence-corrected chi connectivity index (χ0v) is 20.7. The zero-order chi connectivity index (χ0) is 25.7. The standard InChI is InChI=1S/C27H28N6O3/c1-5-32(20-12-8-7-9-13-20)25(34)21-14-10-11-15-23(21)29-24-22(26(35)36-6-2)17-28-27(30-24)33-19(4)16-18(3)31-33/h7-17H,5-6H2,1-4H3,(H,28,29,30). The molecule has 9 nitrogen and oxygen atoms in total. The molecule has 0 atom stereocenters. The molecule has 0 saturated carbocycles. The topological polar surface area (TPSA) is 102 Å². The molecule has 36 heavy (non-hydrogen) atoms. The Morgan fingerprint density at radius 3 is 2.39 bits per heavy atom. The van der Waals surface area contributed by atoms with Crippen LogP contribution in [0.25, 0.3) is 5.95 Å². The Morgan fingerprint density at radius 1 is 1.00 bits per heavy atom. The van der Waals surface area contributed by atoms with Crippen molar-refractivity contribution in [1.82, 2.24) is 19.7 Å². The molecule has 9 heteroatoms. The van der Waals surface area contributed by atoms with Gasteiger partial charge in [0.1, 0.15) is 5.56 Å². The molecule has 2 aromatic heterocycles. The van der Waals surface area contributed by atoms with Crippen LogP contribution in [-0.2, 0) is 4.74 Å². The third-order valence-electron chi connectivity index (χ3n) is 5.51. The van der Waals surface area contributed by atoms with Crippen molar-refractivity contribution >= 4 is 29.1 Å². The van der Waals surface area contributed by atoms with Gasteiger partial charge in [-0.1, -0.05) is 30.3 Å². The Balaban J connectivity index is 1.76. The van der Waals surface area contributed by atoms with Gasteiger partial charge < -0.3 is 15.0 Å². The van der Waals surface area contributed by atoms with Crippen molar-refractivity contribution in [1.29, 1.82) is 0 Å². The van der Waals surface area contributed by atoms with Gasteiger partial charge in [0, 0.05) is 24.1 Å². The molecule has 0 fully saturated rings. The summed E-state index contributed by atoms with van der Waals surface area (Å²) in [6, 6.07) is 18.5. The van der Waals surface area contributed by atoms with Crippen LogP contribution in [-0.4, -0.2) is 44.8 Å². The van der Waals surface area contributed by atoms with Gasteiger partial charge in [0.15, 0.2) is 5.82 Å². The van der Waals surface area contributed by atoms with Gasteiger partial charge in [0.2, 0.25) is 0 Å².